The van der Waals surface area contributed by atoms with Gasteiger partial charge in [-0.15, -0.1) is 0 Å². The summed E-state index contributed by atoms with van der Waals surface area (Å²) in [5, 5.41) is 4.07. The van der Waals surface area contributed by atoms with E-state index >= 15 is 0 Å². The molecule has 5 nitrogen and oxygen atoms in total. The normalized spacial score (nSPS) is 28.2. The second-order valence-corrected chi connectivity index (χ2v) is 4.46. The van der Waals surface area contributed by atoms with Gasteiger partial charge in [-0.3, -0.25) is 9.58 Å². The van der Waals surface area contributed by atoms with Gasteiger partial charge in [-0.2, -0.15) is 5.10 Å². The summed E-state index contributed by atoms with van der Waals surface area (Å²) in [6.45, 7) is 5.23. The minimum Gasteiger partial charge on any atom is -0.327 e. The summed E-state index contributed by atoms with van der Waals surface area (Å²) in [7, 11) is 1.93. The van der Waals surface area contributed by atoms with E-state index in [9.17, 15) is 0 Å². The van der Waals surface area contributed by atoms with E-state index in [1.54, 1.807) is 6.33 Å². The van der Waals surface area contributed by atoms with Crippen molar-refractivity contribution in [1.29, 1.82) is 0 Å². The lowest BCUT2D eigenvalue weighted by molar-refractivity contribution is 0.153. The van der Waals surface area contributed by atoms with E-state index in [2.05, 4.69) is 21.9 Å². The van der Waals surface area contributed by atoms with E-state index in [0.717, 1.165) is 31.9 Å². The van der Waals surface area contributed by atoms with Crippen LogP contribution in [-0.2, 0) is 13.6 Å². The van der Waals surface area contributed by atoms with Crippen LogP contribution in [0.5, 0.6) is 0 Å². The molecule has 2 rings (SSSR count). The Morgan fingerprint density at radius 1 is 1.60 bits per heavy atom. The summed E-state index contributed by atoms with van der Waals surface area (Å²) in [4.78, 5) is 6.63. The molecule has 0 amide bonds. The molecule has 0 spiro atoms. The summed E-state index contributed by atoms with van der Waals surface area (Å²) in [5.74, 6) is 1.60. The SMILES string of the molecule is CC1CN(Cc2ncnn2C)CCC1N. The first-order valence-corrected chi connectivity index (χ1v) is 5.47. The molecule has 2 N–H and O–H groups in total. The van der Waals surface area contributed by atoms with Gasteiger partial charge in [0.05, 0.1) is 6.54 Å². The second-order valence-electron chi connectivity index (χ2n) is 4.46. The Morgan fingerprint density at radius 2 is 2.40 bits per heavy atom. The zero-order valence-corrected chi connectivity index (χ0v) is 9.43. The van der Waals surface area contributed by atoms with Crippen LogP contribution in [0.4, 0.5) is 0 Å². The molecule has 5 heteroatoms. The molecule has 84 valence electrons. The first-order chi connectivity index (χ1) is 7.16. The van der Waals surface area contributed by atoms with Crippen LogP contribution in [0.1, 0.15) is 19.2 Å². The molecule has 2 unspecified atom stereocenters. The van der Waals surface area contributed by atoms with Gasteiger partial charge < -0.3 is 5.73 Å². The van der Waals surface area contributed by atoms with Crippen LogP contribution in [-0.4, -0.2) is 38.8 Å². The lowest BCUT2D eigenvalue weighted by Gasteiger charge is -2.34. The van der Waals surface area contributed by atoms with Crippen molar-refractivity contribution < 1.29 is 0 Å². The highest BCUT2D eigenvalue weighted by molar-refractivity contribution is 4.87. The van der Waals surface area contributed by atoms with Crippen molar-refractivity contribution in [2.75, 3.05) is 13.1 Å². The number of aromatic nitrogens is 3. The first-order valence-electron chi connectivity index (χ1n) is 5.47. The van der Waals surface area contributed by atoms with Gasteiger partial charge in [-0.25, -0.2) is 4.98 Å². The number of nitrogens with zero attached hydrogens (tertiary/aromatic N) is 4. The monoisotopic (exact) mass is 209 g/mol. The van der Waals surface area contributed by atoms with Gasteiger partial charge in [0, 0.05) is 26.2 Å². The Morgan fingerprint density at radius 3 is 3.00 bits per heavy atom. The van der Waals surface area contributed by atoms with Crippen LogP contribution in [0, 0.1) is 5.92 Å². The summed E-state index contributed by atoms with van der Waals surface area (Å²) in [5.41, 5.74) is 5.98. The Balaban J connectivity index is 1.94. The van der Waals surface area contributed by atoms with Gasteiger partial charge in [0.2, 0.25) is 0 Å². The highest BCUT2D eigenvalue weighted by atomic mass is 15.3. The number of hydrogen-bond acceptors (Lipinski definition) is 4. The predicted octanol–water partition coefficient (Wildman–Crippen LogP) is -0.0158. The lowest BCUT2D eigenvalue weighted by Crippen LogP contribution is -2.45. The zero-order valence-electron chi connectivity index (χ0n) is 9.43. The highest BCUT2D eigenvalue weighted by Crippen LogP contribution is 2.16. The van der Waals surface area contributed by atoms with Crippen LogP contribution in [0.3, 0.4) is 0 Å². The fourth-order valence-electron chi connectivity index (χ4n) is 2.06. The number of hydrogen-bond donors (Lipinski definition) is 1. The van der Waals surface area contributed by atoms with Gasteiger partial charge in [0.25, 0.3) is 0 Å². The summed E-state index contributed by atoms with van der Waals surface area (Å²) in [6, 6.07) is 0.362. The van der Waals surface area contributed by atoms with Crippen molar-refractivity contribution in [3.63, 3.8) is 0 Å². The van der Waals surface area contributed by atoms with Crippen molar-refractivity contribution in [2.24, 2.45) is 18.7 Å². The van der Waals surface area contributed by atoms with Crippen LogP contribution >= 0.6 is 0 Å². The number of piperidine rings is 1. The number of likely N-dealkylation sites (tertiary alicyclic amines) is 1. The fourth-order valence-corrected chi connectivity index (χ4v) is 2.06. The third-order valence-electron chi connectivity index (χ3n) is 3.23. The van der Waals surface area contributed by atoms with E-state index < -0.39 is 0 Å². The van der Waals surface area contributed by atoms with Gasteiger partial charge in [0.1, 0.15) is 12.2 Å². The fraction of sp³-hybridized carbons (Fsp3) is 0.800. The maximum absolute atomic E-state index is 5.98. The predicted molar refractivity (Wildman–Crippen MR) is 58.0 cm³/mol. The van der Waals surface area contributed by atoms with Gasteiger partial charge in [-0.05, 0) is 12.3 Å². The third kappa shape index (κ3) is 2.35. The minimum absolute atomic E-state index is 0.362. The molecule has 1 aromatic heterocycles. The zero-order chi connectivity index (χ0) is 10.8. The molecule has 1 saturated heterocycles. The molecule has 0 aromatic carbocycles. The molecular weight excluding hydrogens is 190 g/mol. The van der Waals surface area contributed by atoms with Crippen molar-refractivity contribution in [3.05, 3.63) is 12.2 Å². The molecule has 2 heterocycles. The minimum atomic E-state index is 0.362. The molecular formula is C10H19N5. The molecule has 0 bridgehead atoms. The van der Waals surface area contributed by atoms with E-state index in [0.29, 0.717) is 12.0 Å². The van der Waals surface area contributed by atoms with Crippen LogP contribution < -0.4 is 5.73 Å². The Bertz CT molecular complexity index is 321. The van der Waals surface area contributed by atoms with Gasteiger partial charge in [0.15, 0.2) is 0 Å². The summed E-state index contributed by atoms with van der Waals surface area (Å²) in [6.07, 6.45) is 2.69. The van der Waals surface area contributed by atoms with Crippen molar-refractivity contribution in [1.82, 2.24) is 19.7 Å². The molecule has 0 radical (unpaired) electrons. The molecule has 15 heavy (non-hydrogen) atoms. The van der Waals surface area contributed by atoms with E-state index in [1.807, 2.05) is 11.7 Å². The third-order valence-corrected chi connectivity index (χ3v) is 3.23. The van der Waals surface area contributed by atoms with Gasteiger partial charge >= 0.3 is 0 Å². The van der Waals surface area contributed by atoms with Crippen molar-refractivity contribution in [2.45, 2.75) is 25.9 Å². The topological polar surface area (TPSA) is 60.0 Å². The average molecular weight is 209 g/mol. The summed E-state index contributed by atoms with van der Waals surface area (Å²) < 4.78 is 1.83. The van der Waals surface area contributed by atoms with Crippen LogP contribution in [0.15, 0.2) is 6.33 Å². The molecule has 1 aliphatic rings. The number of rotatable bonds is 2. The molecule has 0 saturated carbocycles. The van der Waals surface area contributed by atoms with E-state index in [1.165, 1.54) is 0 Å². The standard InChI is InChI=1S/C10H19N5/c1-8-5-15(4-3-9(8)11)6-10-12-7-13-14(10)2/h7-9H,3-6,11H2,1-2H3. The number of aryl methyl sites for hydroxylation is 1. The van der Waals surface area contributed by atoms with Crippen molar-refractivity contribution in [3.8, 4) is 0 Å². The average Bonchev–Trinajstić information content (AvgIpc) is 2.59. The number of nitrogens with two attached hydrogens (primary N) is 1. The molecule has 1 fully saturated rings. The smallest absolute Gasteiger partial charge is 0.140 e. The lowest BCUT2D eigenvalue weighted by atomic mass is 9.95. The maximum Gasteiger partial charge on any atom is 0.140 e. The van der Waals surface area contributed by atoms with Crippen LogP contribution in [0.2, 0.25) is 0 Å². The Labute approximate surface area is 90.3 Å². The van der Waals surface area contributed by atoms with Crippen molar-refractivity contribution >= 4 is 0 Å². The van der Waals surface area contributed by atoms with Gasteiger partial charge in [-0.1, -0.05) is 6.92 Å². The first kappa shape index (κ1) is 10.6. The second kappa shape index (κ2) is 4.28. The largest absolute Gasteiger partial charge is 0.327 e. The Hall–Kier alpha value is -0.940. The molecule has 1 aliphatic heterocycles. The maximum atomic E-state index is 5.98. The Kier molecular flexibility index (Phi) is 3.02. The highest BCUT2D eigenvalue weighted by Gasteiger charge is 2.23. The summed E-state index contributed by atoms with van der Waals surface area (Å²) >= 11 is 0. The molecule has 2 atom stereocenters. The molecule has 1 aromatic rings. The van der Waals surface area contributed by atoms with Crippen LogP contribution in [0.25, 0.3) is 0 Å². The van der Waals surface area contributed by atoms with E-state index in [-0.39, 0.29) is 0 Å². The molecule has 0 aliphatic carbocycles. The quantitative estimate of drug-likeness (QED) is 0.744. The van der Waals surface area contributed by atoms with E-state index in [4.69, 9.17) is 5.73 Å².